The summed E-state index contributed by atoms with van der Waals surface area (Å²) in [6, 6.07) is 74.4. The largest absolute Gasteiger partial charge is 0.309 e. The summed E-state index contributed by atoms with van der Waals surface area (Å²) in [5.41, 5.74) is 17.1. The number of para-hydroxylation sites is 3. The third-order valence-electron chi connectivity index (χ3n) is 13.5. The molecular formula is C59H40N4. The van der Waals surface area contributed by atoms with E-state index in [4.69, 9.17) is 9.97 Å². The molecule has 0 bridgehead atoms. The van der Waals surface area contributed by atoms with Crippen LogP contribution in [0.15, 0.2) is 206 Å². The van der Waals surface area contributed by atoms with Gasteiger partial charge in [-0.3, -0.25) is 0 Å². The fourth-order valence-corrected chi connectivity index (χ4v) is 10.7. The Morgan fingerprint density at radius 1 is 0.413 bits per heavy atom. The van der Waals surface area contributed by atoms with Crippen LogP contribution in [-0.4, -0.2) is 19.1 Å². The van der Waals surface area contributed by atoms with Gasteiger partial charge in [-0.25, -0.2) is 9.97 Å². The molecule has 0 aliphatic heterocycles. The Morgan fingerprint density at radius 2 is 0.968 bits per heavy atom. The fourth-order valence-electron chi connectivity index (χ4n) is 10.7. The van der Waals surface area contributed by atoms with Gasteiger partial charge in [0.2, 0.25) is 0 Å². The molecule has 13 rings (SSSR count). The van der Waals surface area contributed by atoms with E-state index in [0.29, 0.717) is 5.82 Å². The molecule has 0 N–H and O–H groups in total. The van der Waals surface area contributed by atoms with Crippen molar-refractivity contribution in [1.29, 1.82) is 0 Å². The van der Waals surface area contributed by atoms with Crippen molar-refractivity contribution in [2.75, 3.05) is 0 Å². The monoisotopic (exact) mass is 804 g/mol. The maximum Gasteiger partial charge on any atom is 0.160 e. The quantitative estimate of drug-likeness (QED) is 0.174. The topological polar surface area (TPSA) is 35.6 Å². The Labute approximate surface area is 365 Å². The van der Waals surface area contributed by atoms with E-state index in [9.17, 15) is 0 Å². The molecule has 1 aliphatic rings. The second-order valence-electron chi connectivity index (χ2n) is 17.3. The average Bonchev–Trinajstić information content (AvgIpc) is 3.95. The summed E-state index contributed by atoms with van der Waals surface area (Å²) in [6.45, 7) is 4.83. The summed E-state index contributed by atoms with van der Waals surface area (Å²) < 4.78 is 5.03. The van der Waals surface area contributed by atoms with Crippen molar-refractivity contribution in [2.45, 2.75) is 19.3 Å². The third kappa shape index (κ3) is 5.22. The van der Waals surface area contributed by atoms with Crippen LogP contribution in [0, 0.1) is 0 Å². The summed E-state index contributed by atoms with van der Waals surface area (Å²) in [4.78, 5) is 10.4. The molecule has 63 heavy (non-hydrogen) atoms. The number of benzene rings is 9. The van der Waals surface area contributed by atoms with Gasteiger partial charge in [0.1, 0.15) is 0 Å². The zero-order valence-corrected chi connectivity index (χ0v) is 34.9. The molecule has 0 saturated carbocycles. The third-order valence-corrected chi connectivity index (χ3v) is 13.5. The number of nitrogens with zero attached hydrogens (tertiary/aromatic N) is 4. The number of aromatic nitrogens is 4. The van der Waals surface area contributed by atoms with Gasteiger partial charge in [-0.15, -0.1) is 0 Å². The number of hydrogen-bond acceptors (Lipinski definition) is 2. The molecule has 3 aromatic heterocycles. The first kappa shape index (κ1) is 35.7. The molecule has 0 fully saturated rings. The van der Waals surface area contributed by atoms with E-state index in [1.54, 1.807) is 0 Å². The minimum atomic E-state index is -0.249. The second-order valence-corrected chi connectivity index (χ2v) is 17.3. The van der Waals surface area contributed by atoms with Crippen LogP contribution < -0.4 is 0 Å². The number of fused-ring (bicyclic) bond motifs is 13. The van der Waals surface area contributed by atoms with Gasteiger partial charge in [0.15, 0.2) is 5.82 Å². The van der Waals surface area contributed by atoms with Crippen LogP contribution in [0.2, 0.25) is 0 Å². The smallest absolute Gasteiger partial charge is 0.160 e. The zero-order valence-electron chi connectivity index (χ0n) is 34.9. The van der Waals surface area contributed by atoms with Gasteiger partial charge in [0, 0.05) is 60.6 Å². The highest BCUT2D eigenvalue weighted by molar-refractivity contribution is 6.31. The van der Waals surface area contributed by atoms with Crippen LogP contribution >= 0.6 is 0 Å². The first-order valence-corrected chi connectivity index (χ1v) is 21.8. The van der Waals surface area contributed by atoms with Gasteiger partial charge in [-0.2, -0.15) is 0 Å². The zero-order chi connectivity index (χ0) is 41.8. The van der Waals surface area contributed by atoms with Crippen molar-refractivity contribution in [3.63, 3.8) is 0 Å². The van der Waals surface area contributed by atoms with Crippen molar-refractivity contribution in [3.05, 3.63) is 217 Å². The molecule has 0 radical (unpaired) electrons. The van der Waals surface area contributed by atoms with E-state index in [1.807, 2.05) is 18.2 Å². The SMILES string of the molecule is CC1(C)c2ccccc2-c2c1c1c3ccccc3n(-c3ccccc3)c1c1c3ccccc3n(-c3ccc(-c4cc(-c5ccc6ccccc6c5)nc(-c5ccccc5)n4)cc3)c21. The predicted molar refractivity (Wildman–Crippen MR) is 262 cm³/mol. The summed E-state index contributed by atoms with van der Waals surface area (Å²) in [7, 11) is 0. The van der Waals surface area contributed by atoms with Crippen LogP contribution in [-0.2, 0) is 5.41 Å². The minimum Gasteiger partial charge on any atom is -0.309 e. The first-order valence-electron chi connectivity index (χ1n) is 21.8. The molecule has 0 amide bonds. The van der Waals surface area contributed by atoms with E-state index >= 15 is 0 Å². The molecule has 4 heteroatoms. The predicted octanol–water partition coefficient (Wildman–Crippen LogP) is 15.1. The van der Waals surface area contributed by atoms with Crippen molar-refractivity contribution in [1.82, 2.24) is 19.1 Å². The highest BCUT2D eigenvalue weighted by Gasteiger charge is 2.41. The van der Waals surface area contributed by atoms with Gasteiger partial charge in [0.25, 0.3) is 0 Å². The van der Waals surface area contributed by atoms with Crippen LogP contribution in [0.1, 0.15) is 25.0 Å². The number of hydrogen-bond donors (Lipinski definition) is 0. The van der Waals surface area contributed by atoms with E-state index in [2.05, 4.69) is 211 Å². The van der Waals surface area contributed by atoms with Crippen LogP contribution in [0.5, 0.6) is 0 Å². The van der Waals surface area contributed by atoms with E-state index in [1.165, 1.54) is 76.6 Å². The lowest BCUT2D eigenvalue weighted by Crippen LogP contribution is -2.15. The van der Waals surface area contributed by atoms with Gasteiger partial charge in [0.05, 0.1) is 33.5 Å². The molecule has 1 aliphatic carbocycles. The Bertz CT molecular complexity index is 3800. The first-order chi connectivity index (χ1) is 31.0. The van der Waals surface area contributed by atoms with Crippen LogP contribution in [0.3, 0.4) is 0 Å². The molecule has 3 heterocycles. The highest BCUT2D eigenvalue weighted by atomic mass is 15.0. The van der Waals surface area contributed by atoms with Crippen molar-refractivity contribution in [3.8, 4) is 56.4 Å². The molecule has 0 spiro atoms. The van der Waals surface area contributed by atoms with E-state index in [-0.39, 0.29) is 5.41 Å². The Hall–Kier alpha value is -8.08. The normalized spacial score (nSPS) is 13.0. The molecule has 9 aromatic carbocycles. The van der Waals surface area contributed by atoms with Gasteiger partial charge >= 0.3 is 0 Å². The molecule has 0 atom stereocenters. The summed E-state index contributed by atoms with van der Waals surface area (Å²) >= 11 is 0. The van der Waals surface area contributed by atoms with E-state index in [0.717, 1.165) is 39.5 Å². The van der Waals surface area contributed by atoms with Gasteiger partial charge in [-0.1, -0.05) is 172 Å². The lowest BCUT2D eigenvalue weighted by atomic mass is 9.80. The average molecular weight is 805 g/mol. The Kier molecular flexibility index (Phi) is 7.62. The molecule has 0 unspecified atom stereocenters. The minimum absolute atomic E-state index is 0.249. The summed E-state index contributed by atoms with van der Waals surface area (Å²) in [6.07, 6.45) is 0. The highest BCUT2D eigenvalue weighted by Crippen LogP contribution is 2.58. The van der Waals surface area contributed by atoms with Crippen LogP contribution in [0.4, 0.5) is 0 Å². The fraction of sp³-hybridized carbons (Fsp3) is 0.0508. The summed E-state index contributed by atoms with van der Waals surface area (Å²) in [5.74, 6) is 0.706. The molecule has 0 saturated heterocycles. The molecule has 296 valence electrons. The number of rotatable bonds is 5. The maximum atomic E-state index is 5.21. The van der Waals surface area contributed by atoms with Crippen molar-refractivity contribution >= 4 is 54.4 Å². The Morgan fingerprint density at radius 3 is 1.71 bits per heavy atom. The van der Waals surface area contributed by atoms with E-state index < -0.39 is 0 Å². The Balaban J connectivity index is 1.09. The maximum absolute atomic E-state index is 5.21. The second kappa shape index (κ2) is 13.5. The molecular weight excluding hydrogens is 765 g/mol. The standard InChI is InChI=1S/C59H40N4/c1-59(2)47-26-14-11-23-44(47)52-55(59)53-45-24-12-15-27-50(45)62(42-21-7-4-8-22-42)57(53)54-46-25-13-16-28-51(46)63(56(52)54)43-33-31-38(32-34-43)48-36-49(61-58(60-48)39-18-5-3-6-19-39)41-30-29-37-17-9-10-20-40(37)35-41/h3-36H,1-2H3. The molecule has 12 aromatic rings. The lowest BCUT2D eigenvalue weighted by Gasteiger charge is -2.23. The lowest BCUT2D eigenvalue weighted by molar-refractivity contribution is 0.667. The van der Waals surface area contributed by atoms with Gasteiger partial charge < -0.3 is 9.13 Å². The van der Waals surface area contributed by atoms with Crippen LogP contribution in [0.25, 0.3) is 111 Å². The van der Waals surface area contributed by atoms with Crippen molar-refractivity contribution in [2.24, 2.45) is 0 Å². The summed E-state index contributed by atoms with van der Waals surface area (Å²) in [5, 5.41) is 7.50. The molecule has 4 nitrogen and oxygen atoms in total. The van der Waals surface area contributed by atoms with Gasteiger partial charge in [-0.05, 0) is 76.0 Å². The van der Waals surface area contributed by atoms with Crippen molar-refractivity contribution < 1.29 is 0 Å².